The third kappa shape index (κ3) is 5.55. The Morgan fingerprint density at radius 1 is 1.10 bits per heavy atom. The molecule has 3 rings (SSSR count). The summed E-state index contributed by atoms with van der Waals surface area (Å²) < 4.78 is 16.9. The molecule has 0 radical (unpaired) electrons. The number of aliphatic hydroxyl groups excluding tert-OH is 4. The molecule has 1 heterocycles. The van der Waals surface area contributed by atoms with Crippen LogP contribution < -0.4 is 0 Å². The number of aliphatic hydroxyl groups is 4. The molecular weight excluding hydrogens is 396 g/mol. The summed E-state index contributed by atoms with van der Waals surface area (Å²) in [7, 11) is 0. The summed E-state index contributed by atoms with van der Waals surface area (Å²) >= 11 is 0. The standard InChI is InChI=1S/C21H30O9/c22-11-16-17(24)19(28-15(20(26)27)10-12-6-2-1-3-7-12)18(25)21(30-16)29-14-9-5-4-8-13(14)23/h1-3,6-7,13-19,21-25H,4-5,8-11H2,(H,26,27)/t13-,14+,15?,16+,17-,18-,19+,21+/m1/s1. The van der Waals surface area contributed by atoms with Crippen LogP contribution in [0.3, 0.4) is 0 Å². The van der Waals surface area contributed by atoms with Crippen molar-refractivity contribution in [2.24, 2.45) is 0 Å². The average molecular weight is 426 g/mol. The van der Waals surface area contributed by atoms with Crippen molar-refractivity contribution in [1.29, 1.82) is 0 Å². The van der Waals surface area contributed by atoms with Crippen LogP contribution in [0.15, 0.2) is 30.3 Å². The van der Waals surface area contributed by atoms with Crippen molar-refractivity contribution < 1.29 is 44.5 Å². The number of rotatable bonds is 8. The van der Waals surface area contributed by atoms with Gasteiger partial charge in [-0.3, -0.25) is 0 Å². The van der Waals surface area contributed by atoms with Gasteiger partial charge in [-0.05, 0) is 18.4 Å². The van der Waals surface area contributed by atoms with Crippen molar-refractivity contribution in [2.45, 2.75) is 81.1 Å². The normalized spacial score (nSPS) is 35.7. The van der Waals surface area contributed by atoms with E-state index in [0.717, 1.165) is 18.4 Å². The fraction of sp³-hybridized carbons (Fsp3) is 0.667. The smallest absolute Gasteiger partial charge is 0.333 e. The van der Waals surface area contributed by atoms with Gasteiger partial charge in [0.2, 0.25) is 0 Å². The molecule has 9 nitrogen and oxygen atoms in total. The molecule has 30 heavy (non-hydrogen) atoms. The predicted octanol–water partition coefficient (Wildman–Crippen LogP) is -0.173. The molecule has 0 spiro atoms. The number of hydrogen-bond donors (Lipinski definition) is 5. The molecule has 0 aromatic heterocycles. The molecule has 2 aliphatic rings. The summed E-state index contributed by atoms with van der Waals surface area (Å²) in [4.78, 5) is 11.8. The summed E-state index contributed by atoms with van der Waals surface area (Å²) in [5.74, 6) is -1.24. The molecule has 1 saturated heterocycles. The molecule has 5 N–H and O–H groups in total. The molecule has 8 atom stereocenters. The minimum atomic E-state index is -1.51. The second-order valence-corrected chi connectivity index (χ2v) is 7.85. The highest BCUT2D eigenvalue weighted by molar-refractivity contribution is 5.72. The highest BCUT2D eigenvalue weighted by atomic mass is 16.7. The SMILES string of the molecule is O=C(O)C(Cc1ccccc1)O[C@@H]1[C@@H](O)[C@@H](O[C@H]2CCCC[C@H]2O)O[C@@H](CO)[C@H]1O. The number of ether oxygens (including phenoxy) is 3. The lowest BCUT2D eigenvalue weighted by Crippen LogP contribution is -2.62. The number of benzene rings is 1. The Morgan fingerprint density at radius 3 is 2.43 bits per heavy atom. The van der Waals surface area contributed by atoms with Crippen molar-refractivity contribution in [3.05, 3.63) is 35.9 Å². The first-order valence-corrected chi connectivity index (χ1v) is 10.3. The molecule has 1 saturated carbocycles. The first kappa shape index (κ1) is 23.1. The Morgan fingerprint density at radius 2 is 1.80 bits per heavy atom. The molecule has 2 fully saturated rings. The first-order chi connectivity index (χ1) is 14.4. The quantitative estimate of drug-likeness (QED) is 0.382. The van der Waals surface area contributed by atoms with Gasteiger partial charge in [-0.2, -0.15) is 0 Å². The third-order valence-electron chi connectivity index (χ3n) is 5.66. The van der Waals surface area contributed by atoms with Gasteiger partial charge < -0.3 is 39.7 Å². The summed E-state index contributed by atoms with van der Waals surface area (Å²) in [6, 6.07) is 8.85. The maximum atomic E-state index is 11.8. The van der Waals surface area contributed by atoms with Gasteiger partial charge in [-0.25, -0.2) is 4.79 Å². The van der Waals surface area contributed by atoms with Crippen LogP contribution >= 0.6 is 0 Å². The molecule has 1 aromatic carbocycles. The van der Waals surface area contributed by atoms with Gasteiger partial charge in [0, 0.05) is 6.42 Å². The summed E-state index contributed by atoms with van der Waals surface area (Å²) in [5.41, 5.74) is 0.720. The molecule has 1 aliphatic carbocycles. The van der Waals surface area contributed by atoms with E-state index in [1.165, 1.54) is 0 Å². The zero-order valence-electron chi connectivity index (χ0n) is 16.6. The van der Waals surface area contributed by atoms with Gasteiger partial charge in [0.1, 0.15) is 24.4 Å². The molecule has 1 unspecified atom stereocenters. The minimum absolute atomic E-state index is 0.0314. The van der Waals surface area contributed by atoms with E-state index in [0.29, 0.717) is 12.8 Å². The van der Waals surface area contributed by atoms with E-state index >= 15 is 0 Å². The second-order valence-electron chi connectivity index (χ2n) is 7.85. The van der Waals surface area contributed by atoms with Crippen LogP contribution in [0.4, 0.5) is 0 Å². The summed E-state index contributed by atoms with van der Waals surface area (Å²) in [5, 5.41) is 50.5. The Balaban J connectivity index is 1.73. The van der Waals surface area contributed by atoms with Gasteiger partial charge >= 0.3 is 5.97 Å². The molecule has 1 aliphatic heterocycles. The Hall–Kier alpha value is -1.59. The van der Waals surface area contributed by atoms with Crippen molar-refractivity contribution in [1.82, 2.24) is 0 Å². The molecule has 0 amide bonds. The lowest BCUT2D eigenvalue weighted by molar-refractivity contribution is -0.327. The second kappa shape index (κ2) is 10.6. The van der Waals surface area contributed by atoms with Crippen molar-refractivity contribution in [3.63, 3.8) is 0 Å². The van der Waals surface area contributed by atoms with Crippen molar-refractivity contribution in [3.8, 4) is 0 Å². The summed E-state index contributed by atoms with van der Waals surface area (Å²) in [6.07, 6.45) is -6.42. The number of hydrogen-bond acceptors (Lipinski definition) is 8. The molecule has 9 heteroatoms. The fourth-order valence-corrected chi connectivity index (χ4v) is 3.95. The van der Waals surface area contributed by atoms with Crippen LogP contribution in [0.5, 0.6) is 0 Å². The minimum Gasteiger partial charge on any atom is -0.479 e. The van der Waals surface area contributed by atoms with E-state index in [9.17, 15) is 30.3 Å². The van der Waals surface area contributed by atoms with Crippen LogP contribution in [-0.2, 0) is 25.4 Å². The predicted molar refractivity (Wildman–Crippen MR) is 104 cm³/mol. The highest BCUT2D eigenvalue weighted by Gasteiger charge is 2.48. The van der Waals surface area contributed by atoms with Crippen molar-refractivity contribution in [2.75, 3.05) is 6.61 Å². The topological polar surface area (TPSA) is 146 Å². The largest absolute Gasteiger partial charge is 0.479 e. The zero-order valence-corrected chi connectivity index (χ0v) is 16.6. The van der Waals surface area contributed by atoms with Gasteiger partial charge in [-0.1, -0.05) is 43.2 Å². The van der Waals surface area contributed by atoms with Crippen LogP contribution in [-0.4, -0.2) is 87.1 Å². The molecule has 0 bridgehead atoms. The van der Waals surface area contributed by atoms with Gasteiger partial charge in [0.05, 0.1) is 18.8 Å². The zero-order chi connectivity index (χ0) is 21.7. The van der Waals surface area contributed by atoms with E-state index in [1.807, 2.05) is 0 Å². The van der Waals surface area contributed by atoms with E-state index < -0.39 is 61.6 Å². The van der Waals surface area contributed by atoms with Crippen molar-refractivity contribution >= 4 is 5.97 Å². The fourth-order valence-electron chi connectivity index (χ4n) is 3.95. The molecular formula is C21H30O9. The maximum absolute atomic E-state index is 11.8. The lowest BCUT2D eigenvalue weighted by Gasteiger charge is -2.44. The van der Waals surface area contributed by atoms with E-state index in [-0.39, 0.29) is 6.42 Å². The van der Waals surface area contributed by atoms with E-state index in [4.69, 9.17) is 14.2 Å². The highest BCUT2D eigenvalue weighted by Crippen LogP contribution is 2.30. The lowest BCUT2D eigenvalue weighted by atomic mass is 9.94. The van der Waals surface area contributed by atoms with Crippen LogP contribution in [0, 0.1) is 0 Å². The Bertz CT molecular complexity index is 670. The number of carboxylic acids is 1. The monoisotopic (exact) mass is 426 g/mol. The number of carboxylic acid groups (broad SMARTS) is 1. The van der Waals surface area contributed by atoms with E-state index in [1.54, 1.807) is 30.3 Å². The van der Waals surface area contributed by atoms with Gasteiger partial charge in [0.15, 0.2) is 12.4 Å². The summed E-state index contributed by atoms with van der Waals surface area (Å²) in [6.45, 7) is -0.572. The van der Waals surface area contributed by atoms with Crippen LogP contribution in [0.2, 0.25) is 0 Å². The third-order valence-corrected chi connectivity index (χ3v) is 5.66. The molecule has 1 aromatic rings. The Kier molecular flexibility index (Phi) is 8.18. The van der Waals surface area contributed by atoms with Gasteiger partial charge in [-0.15, -0.1) is 0 Å². The maximum Gasteiger partial charge on any atom is 0.333 e. The first-order valence-electron chi connectivity index (χ1n) is 10.3. The Labute approximate surface area is 174 Å². The average Bonchev–Trinajstić information content (AvgIpc) is 2.74. The van der Waals surface area contributed by atoms with Crippen LogP contribution in [0.25, 0.3) is 0 Å². The van der Waals surface area contributed by atoms with Gasteiger partial charge in [0.25, 0.3) is 0 Å². The molecule has 168 valence electrons. The number of carbonyl (C=O) groups is 1. The van der Waals surface area contributed by atoms with E-state index in [2.05, 4.69) is 0 Å². The number of aliphatic carboxylic acids is 1. The van der Waals surface area contributed by atoms with Crippen LogP contribution in [0.1, 0.15) is 31.2 Å².